The van der Waals surface area contributed by atoms with Crippen LogP contribution in [0.25, 0.3) is 11.6 Å². The van der Waals surface area contributed by atoms with Crippen LogP contribution in [-0.2, 0) is 11.2 Å². The molecule has 2 rings (SSSR count). The topological polar surface area (TPSA) is 76.2 Å². The van der Waals surface area contributed by atoms with Crippen LogP contribution in [0.3, 0.4) is 0 Å². The highest BCUT2D eigenvalue weighted by Gasteiger charge is 2.12. The highest BCUT2D eigenvalue weighted by molar-refractivity contribution is 5.67. The first-order chi connectivity index (χ1) is 8.16. The van der Waals surface area contributed by atoms with Gasteiger partial charge < -0.3 is 9.52 Å². The molecule has 0 atom stereocenters. The average molecular weight is 232 g/mol. The molecule has 2 aromatic rings. The van der Waals surface area contributed by atoms with Crippen LogP contribution in [0.5, 0.6) is 0 Å². The number of carbonyl (C=O) groups is 1. The van der Waals surface area contributed by atoms with E-state index in [9.17, 15) is 4.79 Å². The molecule has 0 amide bonds. The highest BCUT2D eigenvalue weighted by Crippen LogP contribution is 2.20. The molecule has 0 aliphatic carbocycles. The predicted octanol–water partition coefficient (Wildman–Crippen LogP) is 2.06. The molecule has 0 bridgehead atoms. The number of hydrogen-bond acceptors (Lipinski definition) is 4. The maximum atomic E-state index is 10.5. The van der Waals surface area contributed by atoms with Crippen molar-refractivity contribution in [2.75, 3.05) is 0 Å². The van der Waals surface area contributed by atoms with Crippen molar-refractivity contribution in [2.24, 2.45) is 0 Å². The van der Waals surface area contributed by atoms with Crippen LogP contribution in [0.1, 0.15) is 17.9 Å². The summed E-state index contributed by atoms with van der Waals surface area (Å²) in [6.45, 7) is 1.77. The Morgan fingerprint density at radius 2 is 2.29 bits per heavy atom. The van der Waals surface area contributed by atoms with Crippen molar-refractivity contribution >= 4 is 5.97 Å². The monoisotopic (exact) mass is 232 g/mol. The van der Waals surface area contributed by atoms with Gasteiger partial charge in [-0.25, -0.2) is 4.98 Å². The van der Waals surface area contributed by atoms with Crippen molar-refractivity contribution < 1.29 is 14.3 Å². The fourth-order valence-electron chi connectivity index (χ4n) is 1.48. The third-order valence-electron chi connectivity index (χ3n) is 2.35. The Morgan fingerprint density at radius 1 is 1.47 bits per heavy atom. The van der Waals surface area contributed by atoms with Gasteiger partial charge in [0, 0.05) is 12.6 Å². The van der Waals surface area contributed by atoms with Gasteiger partial charge in [-0.1, -0.05) is 6.07 Å². The lowest BCUT2D eigenvalue weighted by atomic mass is 10.2. The maximum absolute atomic E-state index is 10.5. The molecule has 2 aromatic heterocycles. The molecule has 2 heterocycles. The number of hydrogen-bond donors (Lipinski definition) is 1. The molecule has 1 N–H and O–H groups in total. The summed E-state index contributed by atoms with van der Waals surface area (Å²) in [5.74, 6) is 0.238. The molecule has 0 unspecified atom stereocenters. The van der Waals surface area contributed by atoms with E-state index >= 15 is 0 Å². The van der Waals surface area contributed by atoms with Crippen molar-refractivity contribution in [1.29, 1.82) is 0 Å². The molecular formula is C12H12N2O3. The molecule has 0 radical (unpaired) electrons. The van der Waals surface area contributed by atoms with Crippen molar-refractivity contribution in [3.63, 3.8) is 0 Å². The van der Waals surface area contributed by atoms with Gasteiger partial charge in [-0.05, 0) is 19.1 Å². The minimum atomic E-state index is -0.841. The van der Waals surface area contributed by atoms with Gasteiger partial charge in [-0.3, -0.25) is 9.78 Å². The lowest BCUT2D eigenvalue weighted by Gasteiger charge is -1.92. The Labute approximate surface area is 98.1 Å². The lowest BCUT2D eigenvalue weighted by molar-refractivity contribution is -0.136. The second kappa shape index (κ2) is 4.78. The molecule has 88 valence electrons. The summed E-state index contributed by atoms with van der Waals surface area (Å²) >= 11 is 0. The summed E-state index contributed by atoms with van der Waals surface area (Å²) in [6, 6.07) is 5.45. The Kier molecular flexibility index (Phi) is 3.18. The van der Waals surface area contributed by atoms with Gasteiger partial charge in [-0.2, -0.15) is 0 Å². The summed E-state index contributed by atoms with van der Waals surface area (Å²) in [4.78, 5) is 18.9. The van der Waals surface area contributed by atoms with E-state index < -0.39 is 5.97 Å². The smallest absolute Gasteiger partial charge is 0.303 e. The molecule has 5 heteroatoms. The van der Waals surface area contributed by atoms with Crippen LogP contribution in [0, 0.1) is 6.92 Å². The number of rotatable bonds is 4. The van der Waals surface area contributed by atoms with E-state index in [1.54, 1.807) is 19.2 Å². The summed E-state index contributed by atoms with van der Waals surface area (Å²) in [6.07, 6.45) is 2.08. The van der Waals surface area contributed by atoms with Crippen LogP contribution in [0.15, 0.2) is 28.8 Å². The third kappa shape index (κ3) is 2.69. The summed E-state index contributed by atoms with van der Waals surface area (Å²) in [5, 5.41) is 8.62. The van der Waals surface area contributed by atoms with Crippen molar-refractivity contribution in [3.8, 4) is 11.6 Å². The first kappa shape index (κ1) is 11.3. The predicted molar refractivity (Wildman–Crippen MR) is 60.4 cm³/mol. The second-order valence-corrected chi connectivity index (χ2v) is 3.63. The summed E-state index contributed by atoms with van der Waals surface area (Å²) in [7, 11) is 0. The van der Waals surface area contributed by atoms with Crippen molar-refractivity contribution in [2.45, 2.75) is 19.8 Å². The third-order valence-corrected chi connectivity index (χ3v) is 2.35. The van der Waals surface area contributed by atoms with Gasteiger partial charge in [0.05, 0.1) is 12.1 Å². The standard InChI is InChI=1S/C12H12N2O3/c1-8-9(5-6-11(15)16)14-12(17-8)10-4-2-3-7-13-10/h2-4,7H,5-6H2,1H3,(H,15,16). The van der Waals surface area contributed by atoms with Crippen LogP contribution >= 0.6 is 0 Å². The SMILES string of the molecule is Cc1oc(-c2ccccn2)nc1CCC(=O)O. The van der Waals surface area contributed by atoms with E-state index in [2.05, 4.69) is 9.97 Å². The van der Waals surface area contributed by atoms with Crippen molar-refractivity contribution in [3.05, 3.63) is 35.9 Å². The highest BCUT2D eigenvalue weighted by atomic mass is 16.4. The quantitative estimate of drug-likeness (QED) is 0.873. The number of nitrogens with zero attached hydrogens (tertiary/aromatic N) is 2. The van der Waals surface area contributed by atoms with Crippen molar-refractivity contribution in [1.82, 2.24) is 9.97 Å². The van der Waals surface area contributed by atoms with Gasteiger partial charge in [0.25, 0.3) is 0 Å². The van der Waals surface area contributed by atoms with Gasteiger partial charge in [-0.15, -0.1) is 0 Å². The Bertz CT molecular complexity index is 520. The first-order valence-corrected chi connectivity index (χ1v) is 5.26. The minimum Gasteiger partial charge on any atom is -0.481 e. The number of pyridine rings is 1. The van der Waals surface area contributed by atoms with Crippen LogP contribution in [0.2, 0.25) is 0 Å². The lowest BCUT2D eigenvalue weighted by Crippen LogP contribution is -1.98. The fraction of sp³-hybridized carbons (Fsp3) is 0.250. The van der Waals surface area contributed by atoms with E-state index in [0.717, 1.165) is 0 Å². The number of carboxylic acid groups (broad SMARTS) is 1. The molecule has 5 nitrogen and oxygen atoms in total. The van der Waals surface area contributed by atoms with E-state index in [-0.39, 0.29) is 6.42 Å². The zero-order valence-corrected chi connectivity index (χ0v) is 9.38. The average Bonchev–Trinajstić information content (AvgIpc) is 2.69. The molecule has 0 spiro atoms. The largest absolute Gasteiger partial charge is 0.481 e. The van der Waals surface area contributed by atoms with Gasteiger partial charge in [0.2, 0.25) is 5.89 Å². The van der Waals surface area contributed by atoms with Crippen LogP contribution < -0.4 is 0 Å². The minimum absolute atomic E-state index is 0.0506. The molecule has 0 aromatic carbocycles. The van der Waals surface area contributed by atoms with E-state index in [0.29, 0.717) is 29.5 Å². The maximum Gasteiger partial charge on any atom is 0.303 e. The molecule has 0 saturated heterocycles. The molecule has 17 heavy (non-hydrogen) atoms. The molecule has 0 aliphatic heterocycles. The van der Waals surface area contributed by atoms with Gasteiger partial charge >= 0.3 is 5.97 Å². The second-order valence-electron chi connectivity index (χ2n) is 3.63. The summed E-state index contributed by atoms with van der Waals surface area (Å²) in [5.41, 5.74) is 1.32. The number of aryl methyl sites for hydroxylation is 2. The Morgan fingerprint density at radius 3 is 2.94 bits per heavy atom. The number of aliphatic carboxylic acids is 1. The van der Waals surface area contributed by atoms with E-state index in [1.807, 2.05) is 12.1 Å². The zero-order valence-electron chi connectivity index (χ0n) is 9.38. The van der Waals surface area contributed by atoms with Gasteiger partial charge in [0.1, 0.15) is 11.5 Å². The van der Waals surface area contributed by atoms with Crippen LogP contribution in [0.4, 0.5) is 0 Å². The van der Waals surface area contributed by atoms with Crippen LogP contribution in [-0.4, -0.2) is 21.0 Å². The van der Waals surface area contributed by atoms with E-state index in [4.69, 9.17) is 9.52 Å². The van der Waals surface area contributed by atoms with E-state index in [1.165, 1.54) is 0 Å². The fourth-order valence-corrected chi connectivity index (χ4v) is 1.48. The zero-order chi connectivity index (χ0) is 12.3. The molecule has 0 aliphatic rings. The normalized spacial score (nSPS) is 10.4. The Hall–Kier alpha value is -2.17. The number of carboxylic acids is 1. The number of aromatic nitrogens is 2. The molecular weight excluding hydrogens is 220 g/mol. The molecule has 0 saturated carbocycles. The number of oxazole rings is 1. The first-order valence-electron chi connectivity index (χ1n) is 5.26. The molecule has 0 fully saturated rings. The summed E-state index contributed by atoms with van der Waals surface area (Å²) < 4.78 is 5.47. The Balaban J connectivity index is 2.22. The van der Waals surface area contributed by atoms with Gasteiger partial charge in [0.15, 0.2) is 0 Å².